The van der Waals surface area contributed by atoms with E-state index in [1.54, 1.807) is 18.4 Å². The van der Waals surface area contributed by atoms with Gasteiger partial charge in [-0.25, -0.2) is 9.97 Å². The number of hydrogen-bond acceptors (Lipinski definition) is 6. The smallest absolute Gasteiger partial charge is 0.135 e. The van der Waals surface area contributed by atoms with E-state index in [0.29, 0.717) is 29.4 Å². The summed E-state index contributed by atoms with van der Waals surface area (Å²) < 4.78 is 5.25. The number of aromatic nitrogens is 2. The third kappa shape index (κ3) is 3.22. The van der Waals surface area contributed by atoms with Crippen LogP contribution < -0.4 is 10.6 Å². The van der Waals surface area contributed by atoms with Crippen molar-refractivity contribution >= 4 is 17.3 Å². The van der Waals surface area contributed by atoms with Gasteiger partial charge in [0.25, 0.3) is 0 Å². The lowest BCUT2D eigenvalue weighted by atomic mass is 10.2. The number of rotatable bonds is 5. The van der Waals surface area contributed by atoms with Crippen molar-refractivity contribution in [3.63, 3.8) is 0 Å². The fraction of sp³-hybridized carbons (Fsp3) is 0.0625. The van der Waals surface area contributed by atoms with E-state index in [1.165, 1.54) is 6.33 Å². The minimum Gasteiger partial charge on any atom is -0.467 e. The van der Waals surface area contributed by atoms with Gasteiger partial charge in [-0.3, -0.25) is 0 Å². The number of nitrogens with one attached hydrogen (secondary N) is 2. The average Bonchev–Trinajstić information content (AvgIpc) is 3.07. The Morgan fingerprint density at radius 3 is 2.77 bits per heavy atom. The molecule has 2 N–H and O–H groups in total. The second-order valence-corrected chi connectivity index (χ2v) is 4.50. The molecule has 0 spiro atoms. The van der Waals surface area contributed by atoms with E-state index in [0.717, 1.165) is 5.76 Å². The van der Waals surface area contributed by atoms with Crippen LogP contribution in [0.4, 0.5) is 17.3 Å². The number of furan rings is 1. The Morgan fingerprint density at radius 2 is 1.95 bits per heavy atom. The van der Waals surface area contributed by atoms with Gasteiger partial charge < -0.3 is 15.1 Å². The highest BCUT2D eigenvalue weighted by molar-refractivity contribution is 5.65. The molecule has 1 aromatic carbocycles. The molecule has 3 aromatic rings. The average molecular weight is 291 g/mol. The van der Waals surface area contributed by atoms with Crippen molar-refractivity contribution in [2.24, 2.45) is 0 Å². The monoisotopic (exact) mass is 291 g/mol. The molecule has 0 radical (unpaired) electrons. The summed E-state index contributed by atoms with van der Waals surface area (Å²) >= 11 is 0. The van der Waals surface area contributed by atoms with Crippen molar-refractivity contribution < 1.29 is 4.42 Å². The highest BCUT2D eigenvalue weighted by Gasteiger charge is 2.04. The van der Waals surface area contributed by atoms with Gasteiger partial charge in [0.05, 0.1) is 24.1 Å². The van der Waals surface area contributed by atoms with Crippen LogP contribution in [-0.2, 0) is 6.54 Å². The zero-order valence-corrected chi connectivity index (χ0v) is 11.7. The summed E-state index contributed by atoms with van der Waals surface area (Å²) in [7, 11) is 0. The lowest BCUT2D eigenvalue weighted by Gasteiger charge is -2.09. The van der Waals surface area contributed by atoms with E-state index in [1.807, 2.05) is 30.3 Å². The molecule has 0 atom stereocenters. The fourth-order valence-electron chi connectivity index (χ4n) is 1.94. The van der Waals surface area contributed by atoms with Gasteiger partial charge in [-0.05, 0) is 24.3 Å². The van der Waals surface area contributed by atoms with E-state index in [-0.39, 0.29) is 0 Å². The number of hydrogen-bond donors (Lipinski definition) is 2. The van der Waals surface area contributed by atoms with Crippen LogP contribution in [0.25, 0.3) is 0 Å². The molecule has 0 aliphatic heterocycles. The lowest BCUT2D eigenvalue weighted by Crippen LogP contribution is -2.02. The van der Waals surface area contributed by atoms with Crippen LogP contribution in [0.2, 0.25) is 0 Å². The van der Waals surface area contributed by atoms with Crippen molar-refractivity contribution in [1.29, 1.82) is 5.26 Å². The van der Waals surface area contributed by atoms with Crippen LogP contribution in [0.5, 0.6) is 0 Å². The Hall–Kier alpha value is -3.33. The van der Waals surface area contributed by atoms with Crippen LogP contribution in [0.3, 0.4) is 0 Å². The molecule has 3 rings (SSSR count). The molecule has 0 bridgehead atoms. The first kappa shape index (κ1) is 13.6. The van der Waals surface area contributed by atoms with Gasteiger partial charge in [-0.15, -0.1) is 0 Å². The quantitative estimate of drug-likeness (QED) is 0.750. The van der Waals surface area contributed by atoms with Crippen LogP contribution in [0, 0.1) is 11.3 Å². The van der Waals surface area contributed by atoms with Gasteiger partial charge in [0.1, 0.15) is 29.8 Å². The third-order valence-electron chi connectivity index (χ3n) is 3.00. The summed E-state index contributed by atoms with van der Waals surface area (Å²) in [6, 6.07) is 14.9. The van der Waals surface area contributed by atoms with Crippen molar-refractivity contribution in [3.8, 4) is 6.07 Å². The van der Waals surface area contributed by atoms with Crippen LogP contribution >= 0.6 is 0 Å². The normalized spacial score (nSPS) is 9.95. The molecule has 0 fully saturated rings. The van der Waals surface area contributed by atoms with Crippen molar-refractivity contribution in [3.05, 3.63) is 66.4 Å². The van der Waals surface area contributed by atoms with Gasteiger partial charge in [0.2, 0.25) is 0 Å². The van der Waals surface area contributed by atoms with Crippen molar-refractivity contribution in [2.75, 3.05) is 10.6 Å². The highest BCUT2D eigenvalue weighted by Crippen LogP contribution is 2.20. The van der Waals surface area contributed by atoms with Crippen molar-refractivity contribution in [2.45, 2.75) is 6.54 Å². The molecule has 6 heteroatoms. The topological polar surface area (TPSA) is 86.8 Å². The largest absolute Gasteiger partial charge is 0.467 e. The predicted molar refractivity (Wildman–Crippen MR) is 82.5 cm³/mol. The van der Waals surface area contributed by atoms with E-state index in [9.17, 15) is 0 Å². The van der Waals surface area contributed by atoms with Crippen molar-refractivity contribution in [1.82, 2.24) is 9.97 Å². The Balaban J connectivity index is 1.72. The minimum atomic E-state index is 0.540. The maximum Gasteiger partial charge on any atom is 0.135 e. The van der Waals surface area contributed by atoms with Gasteiger partial charge in [-0.2, -0.15) is 5.26 Å². The van der Waals surface area contributed by atoms with Crippen LogP contribution in [0.15, 0.2) is 59.5 Å². The second kappa shape index (κ2) is 6.41. The standard InChI is InChI=1S/C16H13N5O/c17-9-12-4-1-2-6-14(12)21-16-8-15(19-11-20-16)18-10-13-5-3-7-22-13/h1-8,11H,10H2,(H2,18,19,20,21). The first-order valence-electron chi connectivity index (χ1n) is 6.69. The fourth-order valence-corrected chi connectivity index (χ4v) is 1.94. The maximum absolute atomic E-state index is 9.10. The summed E-state index contributed by atoms with van der Waals surface area (Å²) in [6.07, 6.45) is 3.09. The summed E-state index contributed by atoms with van der Waals surface area (Å²) in [4.78, 5) is 8.31. The molecular weight excluding hydrogens is 278 g/mol. The predicted octanol–water partition coefficient (Wildman–Crippen LogP) is 3.30. The molecule has 2 aromatic heterocycles. The van der Waals surface area contributed by atoms with E-state index < -0.39 is 0 Å². The molecule has 0 amide bonds. The number of benzene rings is 1. The Kier molecular flexibility index (Phi) is 3.98. The SMILES string of the molecule is N#Cc1ccccc1Nc1cc(NCc2ccco2)ncn1. The molecule has 0 saturated heterocycles. The van der Waals surface area contributed by atoms with Crippen LogP contribution in [0.1, 0.15) is 11.3 Å². The molecule has 0 unspecified atom stereocenters. The Labute approximate surface area is 127 Å². The summed E-state index contributed by atoms with van der Waals surface area (Å²) in [5, 5.41) is 15.4. The molecule has 0 aliphatic rings. The molecule has 108 valence electrons. The maximum atomic E-state index is 9.10. The summed E-state index contributed by atoms with van der Waals surface area (Å²) in [6.45, 7) is 0.540. The van der Waals surface area contributed by atoms with Gasteiger partial charge in [0, 0.05) is 6.07 Å². The molecule has 6 nitrogen and oxygen atoms in total. The lowest BCUT2D eigenvalue weighted by molar-refractivity contribution is 0.518. The molecular formula is C16H13N5O. The number of nitriles is 1. The van der Waals surface area contributed by atoms with Gasteiger partial charge in [-0.1, -0.05) is 12.1 Å². The highest BCUT2D eigenvalue weighted by atomic mass is 16.3. The zero-order valence-electron chi connectivity index (χ0n) is 11.7. The first-order chi connectivity index (χ1) is 10.8. The zero-order chi connectivity index (χ0) is 15.2. The molecule has 0 saturated carbocycles. The van der Waals surface area contributed by atoms with E-state index in [4.69, 9.17) is 9.68 Å². The first-order valence-corrected chi connectivity index (χ1v) is 6.69. The van der Waals surface area contributed by atoms with E-state index in [2.05, 4.69) is 26.7 Å². The van der Waals surface area contributed by atoms with Gasteiger partial charge in [0.15, 0.2) is 0 Å². The summed E-state index contributed by atoms with van der Waals surface area (Å²) in [5.41, 5.74) is 1.27. The Bertz CT molecular complexity index is 792. The third-order valence-corrected chi connectivity index (χ3v) is 3.00. The number of anilines is 3. The number of para-hydroxylation sites is 1. The van der Waals surface area contributed by atoms with Gasteiger partial charge >= 0.3 is 0 Å². The summed E-state index contributed by atoms with van der Waals surface area (Å²) in [5.74, 6) is 2.10. The second-order valence-electron chi connectivity index (χ2n) is 4.50. The Morgan fingerprint density at radius 1 is 1.09 bits per heavy atom. The van der Waals surface area contributed by atoms with E-state index >= 15 is 0 Å². The number of nitrogens with zero attached hydrogens (tertiary/aromatic N) is 3. The molecule has 0 aliphatic carbocycles. The minimum absolute atomic E-state index is 0.540. The van der Waals surface area contributed by atoms with Crippen LogP contribution in [-0.4, -0.2) is 9.97 Å². The molecule has 22 heavy (non-hydrogen) atoms. The molecule has 2 heterocycles.